The van der Waals surface area contributed by atoms with Crippen LogP contribution in [0.2, 0.25) is 0 Å². The summed E-state index contributed by atoms with van der Waals surface area (Å²) >= 11 is 0. The second-order valence-corrected chi connectivity index (χ2v) is 5.42. The molecule has 2 aliphatic rings. The van der Waals surface area contributed by atoms with Gasteiger partial charge in [-0.3, -0.25) is 0 Å². The summed E-state index contributed by atoms with van der Waals surface area (Å²) in [5.41, 5.74) is 3.04. The van der Waals surface area contributed by atoms with Crippen molar-refractivity contribution in [1.29, 1.82) is 0 Å². The smallest absolute Gasteiger partial charge is 0.0208 e. The molecule has 0 radical (unpaired) electrons. The lowest BCUT2D eigenvalue weighted by molar-refractivity contribution is 0.454. The van der Waals surface area contributed by atoms with Gasteiger partial charge < -0.3 is 10.6 Å². The molecule has 1 aliphatic heterocycles. The summed E-state index contributed by atoms with van der Waals surface area (Å²) in [7, 11) is 0. The zero-order chi connectivity index (χ0) is 11.5. The Hall–Kier alpha value is -0.860. The largest absolute Gasteiger partial charge is 0.313 e. The van der Waals surface area contributed by atoms with E-state index in [-0.39, 0.29) is 0 Å². The molecule has 2 nitrogen and oxygen atoms in total. The second kappa shape index (κ2) is 5.19. The van der Waals surface area contributed by atoms with Crippen molar-refractivity contribution in [3.8, 4) is 0 Å². The molecule has 0 spiro atoms. The van der Waals surface area contributed by atoms with Gasteiger partial charge in [0.25, 0.3) is 0 Å². The predicted octanol–water partition coefficient (Wildman–Crippen LogP) is 2.41. The summed E-state index contributed by atoms with van der Waals surface area (Å²) in [5, 5.41) is 7.28. The van der Waals surface area contributed by atoms with Crippen LogP contribution < -0.4 is 10.6 Å². The van der Waals surface area contributed by atoms with Crippen molar-refractivity contribution in [3.05, 3.63) is 35.4 Å². The first-order chi connectivity index (χ1) is 8.43. The Balaban J connectivity index is 1.64. The van der Waals surface area contributed by atoms with E-state index in [0.717, 1.165) is 25.7 Å². The minimum Gasteiger partial charge on any atom is -0.313 e. The third kappa shape index (κ3) is 2.53. The Morgan fingerprint density at radius 3 is 2.88 bits per heavy atom. The molecule has 0 bridgehead atoms. The summed E-state index contributed by atoms with van der Waals surface area (Å²) in [4.78, 5) is 0. The lowest BCUT2D eigenvalue weighted by Crippen LogP contribution is -2.37. The molecule has 2 N–H and O–H groups in total. The maximum atomic E-state index is 3.75. The van der Waals surface area contributed by atoms with Crippen LogP contribution in [0.1, 0.15) is 42.7 Å². The molecule has 1 atom stereocenters. The second-order valence-electron chi connectivity index (χ2n) is 5.42. The number of hydrogen-bond acceptors (Lipinski definition) is 2. The van der Waals surface area contributed by atoms with Gasteiger partial charge >= 0.3 is 0 Å². The molecular formula is C15H22N2. The van der Waals surface area contributed by atoms with Gasteiger partial charge in [-0.2, -0.15) is 0 Å². The number of hydrogen-bond donors (Lipinski definition) is 2. The first-order valence-electron chi connectivity index (χ1n) is 6.95. The molecule has 1 aromatic carbocycles. The number of benzene rings is 1. The molecule has 17 heavy (non-hydrogen) atoms. The summed E-state index contributed by atoms with van der Waals surface area (Å²) in [6, 6.07) is 9.66. The molecule has 0 amide bonds. The average molecular weight is 230 g/mol. The fraction of sp³-hybridized carbons (Fsp3) is 0.600. The van der Waals surface area contributed by atoms with Gasteiger partial charge in [0, 0.05) is 31.6 Å². The highest BCUT2D eigenvalue weighted by Gasteiger charge is 2.21. The number of nitrogens with one attached hydrogen (secondary N) is 2. The van der Waals surface area contributed by atoms with Gasteiger partial charge in [0.05, 0.1) is 0 Å². The van der Waals surface area contributed by atoms with Crippen molar-refractivity contribution in [1.82, 2.24) is 10.6 Å². The molecule has 1 heterocycles. The van der Waals surface area contributed by atoms with E-state index in [9.17, 15) is 0 Å². The van der Waals surface area contributed by atoms with E-state index < -0.39 is 0 Å². The molecular weight excluding hydrogens is 208 g/mol. The lowest BCUT2D eigenvalue weighted by Gasteiger charge is -2.27. The summed E-state index contributed by atoms with van der Waals surface area (Å²) in [5.74, 6) is 0.653. The first kappa shape index (κ1) is 11.2. The third-order valence-electron chi connectivity index (χ3n) is 4.21. The van der Waals surface area contributed by atoms with E-state index in [2.05, 4.69) is 34.9 Å². The summed E-state index contributed by atoms with van der Waals surface area (Å²) in [6.07, 6.45) is 5.58. The molecule has 2 heteroatoms. The van der Waals surface area contributed by atoms with Gasteiger partial charge in [0.1, 0.15) is 0 Å². The fourth-order valence-corrected chi connectivity index (χ4v) is 3.21. The van der Waals surface area contributed by atoms with Crippen LogP contribution in [0.5, 0.6) is 0 Å². The highest BCUT2D eigenvalue weighted by molar-refractivity contribution is 5.32. The van der Waals surface area contributed by atoms with Crippen molar-refractivity contribution in [2.75, 3.05) is 13.1 Å². The number of rotatable bonds is 3. The van der Waals surface area contributed by atoms with Gasteiger partial charge in [-0.1, -0.05) is 37.1 Å². The van der Waals surface area contributed by atoms with Crippen molar-refractivity contribution in [2.24, 2.45) is 0 Å². The zero-order valence-electron chi connectivity index (χ0n) is 10.4. The molecule has 92 valence electrons. The maximum Gasteiger partial charge on any atom is 0.0208 e. The average Bonchev–Trinajstić information content (AvgIpc) is 2.89. The minimum atomic E-state index is 0.653. The maximum absolute atomic E-state index is 3.75. The van der Waals surface area contributed by atoms with Crippen LogP contribution in [0.15, 0.2) is 24.3 Å². The van der Waals surface area contributed by atoms with Gasteiger partial charge in [-0.25, -0.2) is 0 Å². The van der Waals surface area contributed by atoms with Crippen LogP contribution in [0, 0.1) is 0 Å². The molecule has 0 saturated heterocycles. The van der Waals surface area contributed by atoms with Crippen LogP contribution in [0.4, 0.5) is 0 Å². The van der Waals surface area contributed by atoms with Crippen molar-refractivity contribution in [3.63, 3.8) is 0 Å². The van der Waals surface area contributed by atoms with E-state index in [4.69, 9.17) is 0 Å². The van der Waals surface area contributed by atoms with Gasteiger partial charge in [-0.05, 0) is 24.0 Å². The van der Waals surface area contributed by atoms with Crippen molar-refractivity contribution >= 4 is 0 Å². The lowest BCUT2D eigenvalue weighted by atomic mass is 9.90. The predicted molar refractivity (Wildman–Crippen MR) is 71.1 cm³/mol. The Morgan fingerprint density at radius 2 is 2.00 bits per heavy atom. The topological polar surface area (TPSA) is 24.1 Å². The van der Waals surface area contributed by atoms with Gasteiger partial charge in [0.15, 0.2) is 0 Å². The van der Waals surface area contributed by atoms with E-state index in [1.54, 1.807) is 5.56 Å². The molecule has 1 saturated carbocycles. The fourth-order valence-electron chi connectivity index (χ4n) is 3.21. The molecule has 1 fully saturated rings. The Morgan fingerprint density at radius 1 is 1.18 bits per heavy atom. The SMILES string of the molecule is c1ccc2c(c1)CNCC2CNC1CCCC1. The quantitative estimate of drug-likeness (QED) is 0.833. The molecule has 3 rings (SSSR count). The van der Waals surface area contributed by atoms with E-state index >= 15 is 0 Å². The van der Waals surface area contributed by atoms with Gasteiger partial charge in [-0.15, -0.1) is 0 Å². The minimum absolute atomic E-state index is 0.653. The Labute approximate surface area is 104 Å². The van der Waals surface area contributed by atoms with E-state index in [0.29, 0.717) is 5.92 Å². The highest BCUT2D eigenvalue weighted by atomic mass is 14.9. The highest BCUT2D eigenvalue weighted by Crippen LogP contribution is 2.24. The van der Waals surface area contributed by atoms with Gasteiger partial charge in [0.2, 0.25) is 0 Å². The molecule has 1 unspecified atom stereocenters. The zero-order valence-corrected chi connectivity index (χ0v) is 10.4. The van der Waals surface area contributed by atoms with Crippen LogP contribution in [0.25, 0.3) is 0 Å². The van der Waals surface area contributed by atoms with Crippen LogP contribution in [-0.4, -0.2) is 19.1 Å². The summed E-state index contributed by atoms with van der Waals surface area (Å²) < 4.78 is 0. The Bertz CT molecular complexity index is 369. The third-order valence-corrected chi connectivity index (χ3v) is 4.21. The van der Waals surface area contributed by atoms with Crippen LogP contribution >= 0.6 is 0 Å². The van der Waals surface area contributed by atoms with E-state index in [1.807, 2.05) is 0 Å². The monoisotopic (exact) mass is 230 g/mol. The number of fused-ring (bicyclic) bond motifs is 1. The van der Waals surface area contributed by atoms with Crippen molar-refractivity contribution in [2.45, 2.75) is 44.2 Å². The molecule has 1 aliphatic carbocycles. The van der Waals surface area contributed by atoms with E-state index in [1.165, 1.54) is 31.2 Å². The normalized spacial score (nSPS) is 24.8. The standard InChI is InChI=1S/C15H22N2/c1-4-8-15-12(5-1)9-16-10-13(15)11-17-14-6-2-3-7-14/h1,4-5,8,13-14,16-17H,2-3,6-7,9-11H2. The van der Waals surface area contributed by atoms with Crippen molar-refractivity contribution < 1.29 is 0 Å². The molecule has 0 aromatic heterocycles. The Kier molecular flexibility index (Phi) is 3.44. The first-order valence-corrected chi connectivity index (χ1v) is 6.95. The van der Waals surface area contributed by atoms with Crippen LogP contribution in [-0.2, 0) is 6.54 Å². The molecule has 1 aromatic rings. The van der Waals surface area contributed by atoms with Crippen LogP contribution in [0.3, 0.4) is 0 Å². The summed E-state index contributed by atoms with van der Waals surface area (Å²) in [6.45, 7) is 3.29.